The second-order valence-corrected chi connectivity index (χ2v) is 10.7. The van der Waals surface area contributed by atoms with Crippen molar-refractivity contribution < 1.29 is 9.59 Å². The first-order chi connectivity index (χ1) is 17.9. The summed E-state index contributed by atoms with van der Waals surface area (Å²) in [6, 6.07) is 17.0. The molecular formula is C30H37N5O2. The smallest absolute Gasteiger partial charge is 0.243 e. The van der Waals surface area contributed by atoms with Gasteiger partial charge in [0.1, 0.15) is 11.9 Å². The van der Waals surface area contributed by atoms with Gasteiger partial charge in [-0.2, -0.15) is 0 Å². The number of likely N-dealkylation sites (tertiary alicyclic amines) is 1. The van der Waals surface area contributed by atoms with Gasteiger partial charge < -0.3 is 20.5 Å². The molecule has 7 heteroatoms. The van der Waals surface area contributed by atoms with E-state index in [4.69, 9.17) is 0 Å². The first-order valence-electron chi connectivity index (χ1n) is 13.4. The summed E-state index contributed by atoms with van der Waals surface area (Å²) in [5.41, 5.74) is 3.78. The van der Waals surface area contributed by atoms with E-state index in [9.17, 15) is 9.59 Å². The van der Waals surface area contributed by atoms with Gasteiger partial charge in [-0.05, 0) is 62.1 Å². The predicted molar refractivity (Wildman–Crippen MR) is 145 cm³/mol. The highest BCUT2D eigenvalue weighted by molar-refractivity contribution is 5.89. The van der Waals surface area contributed by atoms with Gasteiger partial charge in [-0.25, -0.2) is 4.98 Å². The maximum Gasteiger partial charge on any atom is 0.243 e. The number of aromatic nitrogens is 2. The third-order valence-electron chi connectivity index (χ3n) is 7.86. The minimum absolute atomic E-state index is 0.00910. The first kappa shape index (κ1) is 25.1. The Bertz CT molecular complexity index is 1230. The molecule has 3 atom stereocenters. The Morgan fingerprint density at radius 3 is 2.57 bits per heavy atom. The molecule has 1 saturated heterocycles. The summed E-state index contributed by atoms with van der Waals surface area (Å²) in [7, 11) is 0. The molecule has 7 nitrogen and oxygen atoms in total. The van der Waals surface area contributed by atoms with Crippen LogP contribution in [0.4, 0.5) is 0 Å². The molecule has 1 aromatic heterocycles. The fourth-order valence-corrected chi connectivity index (χ4v) is 5.68. The SMILES string of the molecule is C=C(N[C@@H](CC(=O)N1CCC[C@@H]1c1ccccc1)C(=O)NC(C)c1nc2ccccc2[nH]1)C1CC(C)C1. The van der Waals surface area contributed by atoms with Crippen molar-refractivity contribution in [1.82, 2.24) is 25.5 Å². The van der Waals surface area contributed by atoms with Gasteiger partial charge in [0.2, 0.25) is 11.8 Å². The molecule has 2 aliphatic rings. The van der Waals surface area contributed by atoms with E-state index in [1.54, 1.807) is 0 Å². The van der Waals surface area contributed by atoms with Crippen molar-refractivity contribution in [2.75, 3.05) is 6.54 Å². The number of carbonyl (C=O) groups excluding carboxylic acids is 2. The maximum absolute atomic E-state index is 13.6. The number of imidazole rings is 1. The number of amides is 2. The van der Waals surface area contributed by atoms with Gasteiger partial charge in [0, 0.05) is 12.2 Å². The highest BCUT2D eigenvalue weighted by Gasteiger charge is 2.35. The van der Waals surface area contributed by atoms with Gasteiger partial charge in [0.05, 0.1) is 29.5 Å². The molecule has 2 fully saturated rings. The van der Waals surface area contributed by atoms with Gasteiger partial charge >= 0.3 is 0 Å². The topological polar surface area (TPSA) is 90.1 Å². The van der Waals surface area contributed by atoms with Crippen LogP contribution in [0.2, 0.25) is 0 Å². The van der Waals surface area contributed by atoms with Crippen LogP contribution in [-0.4, -0.2) is 39.3 Å². The Labute approximate surface area is 218 Å². The molecule has 0 spiro atoms. The normalized spacial score (nSPS) is 22.8. The number of hydrogen-bond acceptors (Lipinski definition) is 4. The number of H-pyrrole nitrogens is 1. The van der Waals surface area contributed by atoms with E-state index in [2.05, 4.69) is 46.2 Å². The van der Waals surface area contributed by atoms with Crippen molar-refractivity contribution in [3.05, 3.63) is 78.3 Å². The Kier molecular flexibility index (Phi) is 7.31. The summed E-state index contributed by atoms with van der Waals surface area (Å²) in [6.07, 6.45) is 4.11. The lowest BCUT2D eigenvalue weighted by molar-refractivity contribution is -0.135. The lowest BCUT2D eigenvalue weighted by Gasteiger charge is -2.36. The summed E-state index contributed by atoms with van der Waals surface area (Å²) in [4.78, 5) is 37.0. The largest absolute Gasteiger partial charge is 0.377 e. The Balaban J connectivity index is 1.30. The molecule has 194 valence electrons. The maximum atomic E-state index is 13.6. The number of nitrogens with zero attached hydrogens (tertiary/aromatic N) is 2. The number of rotatable bonds is 9. The van der Waals surface area contributed by atoms with Crippen LogP contribution in [0, 0.1) is 11.8 Å². The third kappa shape index (κ3) is 5.55. The number of para-hydroxylation sites is 2. The van der Waals surface area contributed by atoms with Gasteiger partial charge in [0.15, 0.2) is 0 Å². The molecule has 37 heavy (non-hydrogen) atoms. The molecule has 2 amide bonds. The van der Waals surface area contributed by atoms with Crippen molar-refractivity contribution in [1.29, 1.82) is 0 Å². The zero-order valence-corrected chi connectivity index (χ0v) is 21.7. The van der Waals surface area contributed by atoms with E-state index in [0.717, 1.165) is 48.0 Å². The summed E-state index contributed by atoms with van der Waals surface area (Å²) in [6.45, 7) is 9.08. The molecule has 1 unspecified atom stereocenters. The van der Waals surface area contributed by atoms with E-state index in [0.29, 0.717) is 24.2 Å². The number of allylic oxidation sites excluding steroid dienone is 1. The van der Waals surface area contributed by atoms with E-state index < -0.39 is 6.04 Å². The van der Waals surface area contributed by atoms with E-state index in [-0.39, 0.29) is 30.3 Å². The monoisotopic (exact) mass is 499 g/mol. The minimum atomic E-state index is -0.695. The predicted octanol–water partition coefficient (Wildman–Crippen LogP) is 5.01. The Morgan fingerprint density at radius 2 is 1.84 bits per heavy atom. The standard InChI is InChI=1S/C30H37N5O2/c1-19-16-23(17-19)20(2)31-26(18-28(36)35-15-9-14-27(35)22-10-5-4-6-11-22)30(37)32-21(3)29-33-24-12-7-8-13-25(24)34-29/h4-8,10-13,19,21,23,26-27,31H,2,9,14-18H2,1,3H3,(H,32,37)(H,33,34)/t19?,21?,23?,26-,27+/m0/s1. The van der Waals surface area contributed by atoms with Crippen molar-refractivity contribution in [2.45, 2.75) is 64.1 Å². The first-order valence-corrected chi connectivity index (χ1v) is 13.4. The highest BCUT2D eigenvalue weighted by Crippen LogP contribution is 2.37. The summed E-state index contributed by atoms with van der Waals surface area (Å²) < 4.78 is 0. The molecule has 1 saturated carbocycles. The molecule has 5 rings (SSSR count). The van der Waals surface area contributed by atoms with Gasteiger partial charge in [-0.3, -0.25) is 9.59 Å². The van der Waals surface area contributed by atoms with Crippen LogP contribution >= 0.6 is 0 Å². The second kappa shape index (κ2) is 10.8. The van der Waals surface area contributed by atoms with Gasteiger partial charge in [0.25, 0.3) is 0 Å². The summed E-state index contributed by atoms with van der Waals surface area (Å²) in [5, 5.41) is 6.43. The average molecular weight is 500 g/mol. The van der Waals surface area contributed by atoms with Crippen LogP contribution < -0.4 is 10.6 Å². The van der Waals surface area contributed by atoms with Crippen molar-refractivity contribution in [3.63, 3.8) is 0 Å². The molecule has 2 heterocycles. The number of nitrogens with one attached hydrogen (secondary N) is 3. The lowest BCUT2D eigenvalue weighted by Crippen LogP contribution is -2.49. The molecule has 3 N–H and O–H groups in total. The Hall–Kier alpha value is -3.61. The van der Waals surface area contributed by atoms with Gasteiger partial charge in [-0.1, -0.05) is 56.0 Å². The molecule has 0 radical (unpaired) electrons. The minimum Gasteiger partial charge on any atom is -0.377 e. The van der Waals surface area contributed by atoms with Crippen molar-refractivity contribution >= 4 is 22.8 Å². The fraction of sp³-hybridized carbons (Fsp3) is 0.433. The van der Waals surface area contributed by atoms with Crippen LogP contribution in [-0.2, 0) is 9.59 Å². The number of fused-ring (bicyclic) bond motifs is 1. The zero-order valence-electron chi connectivity index (χ0n) is 21.7. The Morgan fingerprint density at radius 1 is 1.11 bits per heavy atom. The molecule has 0 bridgehead atoms. The molecule has 1 aliphatic heterocycles. The molecule has 3 aromatic rings. The number of aromatic amines is 1. The molecule has 1 aliphatic carbocycles. The van der Waals surface area contributed by atoms with Crippen LogP contribution in [0.15, 0.2) is 66.9 Å². The van der Waals surface area contributed by atoms with Crippen molar-refractivity contribution in [2.24, 2.45) is 11.8 Å². The van der Waals surface area contributed by atoms with Crippen LogP contribution in [0.3, 0.4) is 0 Å². The van der Waals surface area contributed by atoms with Gasteiger partial charge in [-0.15, -0.1) is 0 Å². The molecular weight excluding hydrogens is 462 g/mol. The quantitative estimate of drug-likeness (QED) is 0.386. The molecule has 2 aromatic carbocycles. The van der Waals surface area contributed by atoms with Crippen LogP contribution in [0.5, 0.6) is 0 Å². The fourth-order valence-electron chi connectivity index (χ4n) is 5.68. The number of benzene rings is 2. The number of hydrogen-bond donors (Lipinski definition) is 3. The van der Waals surface area contributed by atoms with E-state index in [1.165, 1.54) is 0 Å². The zero-order chi connectivity index (χ0) is 25.9. The average Bonchev–Trinajstić information content (AvgIpc) is 3.54. The van der Waals surface area contributed by atoms with Crippen LogP contribution in [0.25, 0.3) is 11.0 Å². The second-order valence-electron chi connectivity index (χ2n) is 10.7. The van der Waals surface area contributed by atoms with Crippen LogP contribution in [0.1, 0.15) is 69.4 Å². The van der Waals surface area contributed by atoms with E-state index in [1.807, 2.05) is 54.3 Å². The van der Waals surface area contributed by atoms with E-state index >= 15 is 0 Å². The third-order valence-corrected chi connectivity index (χ3v) is 7.86. The van der Waals surface area contributed by atoms with Crippen molar-refractivity contribution in [3.8, 4) is 0 Å². The highest BCUT2D eigenvalue weighted by atomic mass is 16.2. The number of carbonyl (C=O) groups is 2. The summed E-state index contributed by atoms with van der Waals surface area (Å²) in [5.74, 6) is 1.48. The lowest BCUT2D eigenvalue weighted by atomic mass is 9.74. The summed E-state index contributed by atoms with van der Waals surface area (Å²) >= 11 is 0.